The summed E-state index contributed by atoms with van der Waals surface area (Å²) in [4.78, 5) is 0. The van der Waals surface area contributed by atoms with Gasteiger partial charge in [0.05, 0.1) is 6.61 Å². The quantitative estimate of drug-likeness (QED) is 0.778. The van der Waals surface area contributed by atoms with Crippen molar-refractivity contribution in [1.29, 1.82) is 0 Å². The fourth-order valence-electron chi connectivity index (χ4n) is 1.18. The van der Waals surface area contributed by atoms with Crippen LogP contribution in [0.5, 0.6) is 5.75 Å². The molecule has 0 aromatic heterocycles. The van der Waals surface area contributed by atoms with E-state index in [2.05, 4.69) is 15.9 Å². The Kier molecular flexibility index (Phi) is 2.75. The number of halogens is 1. The van der Waals surface area contributed by atoms with Crippen molar-refractivity contribution in [3.05, 3.63) is 27.2 Å². The van der Waals surface area contributed by atoms with Gasteiger partial charge >= 0.3 is 0 Å². The molecule has 2 nitrogen and oxygen atoms in total. The minimum absolute atomic E-state index is 0.144. The van der Waals surface area contributed by atoms with Gasteiger partial charge in [0.25, 0.3) is 0 Å². The summed E-state index contributed by atoms with van der Waals surface area (Å²) in [5.74, 6) is 0.176. The summed E-state index contributed by atoms with van der Waals surface area (Å²) < 4.78 is 0.785. The van der Waals surface area contributed by atoms with Crippen molar-refractivity contribution in [3.8, 4) is 5.75 Å². The maximum Gasteiger partial charge on any atom is 0.125 e. The molecule has 0 saturated carbocycles. The fraction of sp³-hybridized carbons (Fsp3) is 0.333. The lowest BCUT2D eigenvalue weighted by Gasteiger charge is -2.09. The smallest absolute Gasteiger partial charge is 0.125 e. The monoisotopic (exact) mass is 230 g/mol. The Morgan fingerprint density at radius 2 is 1.92 bits per heavy atom. The number of rotatable bonds is 1. The lowest BCUT2D eigenvalue weighted by Crippen LogP contribution is -1.92. The van der Waals surface area contributed by atoms with Gasteiger partial charge in [-0.2, -0.15) is 0 Å². The van der Waals surface area contributed by atoms with Crippen LogP contribution in [0.1, 0.15) is 16.7 Å². The van der Waals surface area contributed by atoms with Crippen molar-refractivity contribution in [2.24, 2.45) is 0 Å². The molecule has 0 spiro atoms. The Balaban J connectivity index is 3.42. The average molecular weight is 231 g/mol. The van der Waals surface area contributed by atoms with Crippen molar-refractivity contribution in [1.82, 2.24) is 0 Å². The van der Waals surface area contributed by atoms with E-state index in [1.54, 1.807) is 0 Å². The highest BCUT2D eigenvalue weighted by Gasteiger charge is 2.10. The second-order valence-corrected chi connectivity index (χ2v) is 3.60. The van der Waals surface area contributed by atoms with Crippen LogP contribution in [0.15, 0.2) is 10.5 Å². The zero-order valence-corrected chi connectivity index (χ0v) is 8.64. The van der Waals surface area contributed by atoms with Crippen LogP contribution < -0.4 is 0 Å². The zero-order chi connectivity index (χ0) is 9.30. The van der Waals surface area contributed by atoms with Gasteiger partial charge in [-0.3, -0.25) is 0 Å². The third-order valence-electron chi connectivity index (χ3n) is 1.86. The second kappa shape index (κ2) is 3.46. The predicted molar refractivity (Wildman–Crippen MR) is 51.2 cm³/mol. The number of aryl methyl sites for hydroxylation is 2. The minimum Gasteiger partial charge on any atom is -0.507 e. The van der Waals surface area contributed by atoms with Crippen molar-refractivity contribution < 1.29 is 10.2 Å². The summed E-state index contributed by atoms with van der Waals surface area (Å²) in [5.41, 5.74) is 2.38. The maximum atomic E-state index is 9.51. The summed E-state index contributed by atoms with van der Waals surface area (Å²) in [5, 5.41) is 18.5. The highest BCUT2D eigenvalue weighted by atomic mass is 79.9. The minimum atomic E-state index is -0.144. The normalized spacial score (nSPS) is 10.3. The van der Waals surface area contributed by atoms with Gasteiger partial charge in [0.1, 0.15) is 5.75 Å². The number of aliphatic hydroxyl groups is 1. The molecule has 0 aliphatic rings. The van der Waals surface area contributed by atoms with Gasteiger partial charge in [-0.15, -0.1) is 0 Å². The third-order valence-corrected chi connectivity index (χ3v) is 2.97. The molecule has 0 aliphatic carbocycles. The van der Waals surface area contributed by atoms with Crippen LogP contribution in [-0.4, -0.2) is 10.2 Å². The molecule has 0 radical (unpaired) electrons. The van der Waals surface area contributed by atoms with Gasteiger partial charge in [0.2, 0.25) is 0 Å². The SMILES string of the molecule is Cc1cc(C)c(Br)c(CO)c1O. The van der Waals surface area contributed by atoms with Crippen LogP contribution in [0.25, 0.3) is 0 Å². The molecule has 0 amide bonds. The van der Waals surface area contributed by atoms with E-state index in [4.69, 9.17) is 5.11 Å². The molecule has 3 heteroatoms. The van der Waals surface area contributed by atoms with E-state index in [1.807, 2.05) is 19.9 Å². The summed E-state index contributed by atoms with van der Waals surface area (Å²) in [6.07, 6.45) is 0. The van der Waals surface area contributed by atoms with Gasteiger partial charge in [-0.1, -0.05) is 22.0 Å². The van der Waals surface area contributed by atoms with Crippen LogP contribution in [-0.2, 0) is 6.61 Å². The molecule has 66 valence electrons. The first kappa shape index (κ1) is 9.55. The lowest BCUT2D eigenvalue weighted by atomic mass is 10.1. The van der Waals surface area contributed by atoms with Gasteiger partial charge in [-0.25, -0.2) is 0 Å². The molecule has 0 fully saturated rings. The summed E-state index contributed by atoms with van der Waals surface area (Å²) in [6.45, 7) is 3.60. The highest BCUT2D eigenvalue weighted by molar-refractivity contribution is 9.10. The molecular weight excluding hydrogens is 220 g/mol. The summed E-state index contributed by atoms with van der Waals surface area (Å²) >= 11 is 3.31. The highest BCUT2D eigenvalue weighted by Crippen LogP contribution is 2.32. The summed E-state index contributed by atoms with van der Waals surface area (Å²) in [6, 6.07) is 1.87. The molecule has 0 saturated heterocycles. The Bertz CT molecular complexity index is 282. The van der Waals surface area contributed by atoms with Gasteiger partial charge in [0, 0.05) is 10.0 Å². The fourth-order valence-corrected chi connectivity index (χ4v) is 1.61. The molecule has 2 N–H and O–H groups in total. The Morgan fingerprint density at radius 1 is 1.33 bits per heavy atom. The summed E-state index contributed by atoms with van der Waals surface area (Å²) in [7, 11) is 0. The Hall–Kier alpha value is -0.540. The van der Waals surface area contributed by atoms with Gasteiger partial charge < -0.3 is 10.2 Å². The van der Waals surface area contributed by atoms with Gasteiger partial charge in [-0.05, 0) is 25.0 Å². The van der Waals surface area contributed by atoms with Crippen molar-refractivity contribution in [2.75, 3.05) is 0 Å². The first-order chi connectivity index (χ1) is 5.57. The molecule has 0 unspecified atom stereocenters. The standard InChI is InChI=1S/C9H11BrO2/c1-5-3-6(2)9(12)7(4-11)8(5)10/h3,11-12H,4H2,1-2H3. The van der Waals surface area contributed by atoms with Crippen LogP contribution in [0.4, 0.5) is 0 Å². The predicted octanol–water partition coefficient (Wildman–Crippen LogP) is 2.26. The molecule has 0 aliphatic heterocycles. The molecule has 1 aromatic rings. The van der Waals surface area contributed by atoms with E-state index < -0.39 is 0 Å². The van der Waals surface area contributed by atoms with E-state index in [0.29, 0.717) is 5.56 Å². The number of aliphatic hydroxyl groups excluding tert-OH is 1. The van der Waals surface area contributed by atoms with Crippen molar-refractivity contribution >= 4 is 15.9 Å². The number of hydrogen-bond acceptors (Lipinski definition) is 2. The second-order valence-electron chi connectivity index (χ2n) is 2.81. The van der Waals surface area contributed by atoms with Gasteiger partial charge in [0.15, 0.2) is 0 Å². The number of aromatic hydroxyl groups is 1. The van der Waals surface area contributed by atoms with Crippen molar-refractivity contribution in [3.63, 3.8) is 0 Å². The largest absolute Gasteiger partial charge is 0.507 e. The van der Waals surface area contributed by atoms with Crippen LogP contribution in [0.3, 0.4) is 0 Å². The Morgan fingerprint density at radius 3 is 2.42 bits per heavy atom. The van der Waals surface area contributed by atoms with E-state index in [9.17, 15) is 5.11 Å². The first-order valence-electron chi connectivity index (χ1n) is 3.66. The molecule has 0 bridgehead atoms. The van der Waals surface area contributed by atoms with Crippen LogP contribution in [0.2, 0.25) is 0 Å². The Labute approximate surface area is 80.0 Å². The van der Waals surface area contributed by atoms with E-state index in [0.717, 1.165) is 15.6 Å². The van der Waals surface area contributed by atoms with Crippen LogP contribution >= 0.6 is 15.9 Å². The number of hydrogen-bond donors (Lipinski definition) is 2. The number of benzene rings is 1. The topological polar surface area (TPSA) is 40.5 Å². The lowest BCUT2D eigenvalue weighted by molar-refractivity contribution is 0.274. The van der Waals surface area contributed by atoms with E-state index >= 15 is 0 Å². The van der Waals surface area contributed by atoms with Crippen molar-refractivity contribution in [2.45, 2.75) is 20.5 Å². The first-order valence-corrected chi connectivity index (χ1v) is 4.45. The van der Waals surface area contributed by atoms with E-state index in [1.165, 1.54) is 0 Å². The maximum absolute atomic E-state index is 9.51. The molecule has 0 atom stereocenters. The zero-order valence-electron chi connectivity index (χ0n) is 7.06. The van der Waals surface area contributed by atoms with Crippen LogP contribution in [0, 0.1) is 13.8 Å². The number of phenols is 1. The molecule has 1 rings (SSSR count). The molecule has 0 heterocycles. The van der Waals surface area contributed by atoms with E-state index in [-0.39, 0.29) is 12.4 Å². The molecular formula is C9H11BrO2. The molecule has 12 heavy (non-hydrogen) atoms. The third kappa shape index (κ3) is 1.47. The molecule has 1 aromatic carbocycles. The average Bonchev–Trinajstić information content (AvgIpc) is 2.02.